The van der Waals surface area contributed by atoms with Gasteiger partial charge in [0.15, 0.2) is 0 Å². The first-order chi connectivity index (χ1) is 8.63. The van der Waals surface area contributed by atoms with Gasteiger partial charge in [0.2, 0.25) is 0 Å². The molecule has 0 aromatic heterocycles. The van der Waals surface area contributed by atoms with Crippen molar-refractivity contribution in [3.05, 3.63) is 35.4 Å². The smallest absolute Gasteiger partial charge is 0.309 e. The Labute approximate surface area is 108 Å². The fourth-order valence-electron chi connectivity index (χ4n) is 1.43. The van der Waals surface area contributed by atoms with Gasteiger partial charge in [0.25, 0.3) is 0 Å². The number of benzene rings is 1. The lowest BCUT2D eigenvalue weighted by Crippen LogP contribution is -2.39. The van der Waals surface area contributed by atoms with Crippen LogP contribution < -0.4 is 10.6 Å². The molecule has 0 aliphatic carbocycles. The summed E-state index contributed by atoms with van der Waals surface area (Å²) in [6, 6.07) is 7.82. The van der Waals surface area contributed by atoms with Crippen molar-refractivity contribution in [1.82, 2.24) is 10.6 Å². The van der Waals surface area contributed by atoms with Gasteiger partial charge in [0.05, 0.1) is 0 Å². The van der Waals surface area contributed by atoms with E-state index in [2.05, 4.69) is 10.6 Å². The maximum Gasteiger partial charge on any atom is 0.309 e. The summed E-state index contributed by atoms with van der Waals surface area (Å²) in [6.45, 7) is 4.96. The van der Waals surface area contributed by atoms with Crippen LogP contribution in [0, 0.1) is 6.92 Å². The van der Waals surface area contributed by atoms with Crippen LogP contribution in [0.5, 0.6) is 0 Å². The first-order valence-corrected chi connectivity index (χ1v) is 6.25. The van der Waals surface area contributed by atoms with Crippen LogP contribution in [0.15, 0.2) is 24.3 Å². The lowest BCUT2D eigenvalue weighted by molar-refractivity contribution is -0.139. The quantitative estimate of drug-likeness (QED) is 0.613. The molecular weight excluding hydrogens is 228 g/mol. The Morgan fingerprint density at radius 1 is 1.06 bits per heavy atom. The molecule has 0 saturated heterocycles. The summed E-state index contributed by atoms with van der Waals surface area (Å²) < 4.78 is 0. The fourth-order valence-corrected chi connectivity index (χ4v) is 1.43. The molecule has 2 amide bonds. The molecule has 0 spiro atoms. The topological polar surface area (TPSA) is 58.2 Å². The zero-order chi connectivity index (χ0) is 13.4. The molecule has 2 N–H and O–H groups in total. The van der Waals surface area contributed by atoms with Gasteiger partial charge in [-0.2, -0.15) is 0 Å². The molecule has 4 heteroatoms. The number of aryl methyl sites for hydroxylation is 1. The third kappa shape index (κ3) is 4.99. The van der Waals surface area contributed by atoms with Crippen molar-refractivity contribution in [1.29, 1.82) is 0 Å². The Hall–Kier alpha value is -1.84. The van der Waals surface area contributed by atoms with Crippen LogP contribution >= 0.6 is 0 Å². The number of hydrogen-bond acceptors (Lipinski definition) is 2. The van der Waals surface area contributed by atoms with Crippen LogP contribution in [0.1, 0.15) is 30.9 Å². The molecule has 0 heterocycles. The Kier molecular flexibility index (Phi) is 5.91. The van der Waals surface area contributed by atoms with Gasteiger partial charge < -0.3 is 10.6 Å². The average molecular weight is 248 g/mol. The molecule has 0 saturated carbocycles. The number of carbonyl (C=O) groups is 2. The summed E-state index contributed by atoms with van der Waals surface area (Å²) in [7, 11) is 0. The molecule has 1 aromatic rings. The van der Waals surface area contributed by atoms with Gasteiger partial charge >= 0.3 is 11.8 Å². The Bertz CT molecular complexity index is 399. The number of unbranched alkanes of at least 4 members (excludes halogenated alkanes) is 1. The highest BCUT2D eigenvalue weighted by Gasteiger charge is 2.11. The molecule has 98 valence electrons. The number of amides is 2. The van der Waals surface area contributed by atoms with Gasteiger partial charge in [-0.15, -0.1) is 0 Å². The number of carbonyl (C=O) groups excluding carboxylic acids is 2. The maximum absolute atomic E-state index is 11.5. The minimum atomic E-state index is -0.577. The van der Waals surface area contributed by atoms with E-state index in [1.54, 1.807) is 0 Å². The van der Waals surface area contributed by atoms with E-state index < -0.39 is 11.8 Å². The molecule has 0 atom stereocenters. The van der Waals surface area contributed by atoms with Crippen LogP contribution in [-0.2, 0) is 16.1 Å². The summed E-state index contributed by atoms with van der Waals surface area (Å²) in [6.07, 6.45) is 1.88. The van der Waals surface area contributed by atoms with E-state index in [-0.39, 0.29) is 0 Å². The molecule has 4 nitrogen and oxygen atoms in total. The third-order valence-corrected chi connectivity index (χ3v) is 2.60. The zero-order valence-corrected chi connectivity index (χ0v) is 11.0. The van der Waals surface area contributed by atoms with Crippen molar-refractivity contribution >= 4 is 11.8 Å². The van der Waals surface area contributed by atoms with E-state index in [1.165, 1.54) is 5.56 Å². The molecule has 1 rings (SSSR count). The molecule has 0 aliphatic rings. The van der Waals surface area contributed by atoms with E-state index in [1.807, 2.05) is 38.1 Å². The van der Waals surface area contributed by atoms with Crippen molar-refractivity contribution in [2.24, 2.45) is 0 Å². The minimum absolute atomic E-state index is 0.375. The summed E-state index contributed by atoms with van der Waals surface area (Å²) in [5.74, 6) is -1.14. The van der Waals surface area contributed by atoms with E-state index in [0.717, 1.165) is 18.4 Å². The lowest BCUT2D eigenvalue weighted by atomic mass is 10.1. The largest absolute Gasteiger partial charge is 0.348 e. The molecule has 0 aliphatic heterocycles. The molecule has 18 heavy (non-hydrogen) atoms. The molecule has 1 aromatic carbocycles. The lowest BCUT2D eigenvalue weighted by Gasteiger charge is -2.06. The van der Waals surface area contributed by atoms with E-state index in [0.29, 0.717) is 13.1 Å². The van der Waals surface area contributed by atoms with Crippen molar-refractivity contribution in [2.45, 2.75) is 33.2 Å². The van der Waals surface area contributed by atoms with Crippen LogP contribution in [0.25, 0.3) is 0 Å². The molecular formula is C14H20N2O2. The van der Waals surface area contributed by atoms with Crippen molar-refractivity contribution in [2.75, 3.05) is 6.54 Å². The highest BCUT2D eigenvalue weighted by Crippen LogP contribution is 2.02. The van der Waals surface area contributed by atoms with Gasteiger partial charge in [-0.25, -0.2) is 0 Å². The van der Waals surface area contributed by atoms with Crippen molar-refractivity contribution in [3.63, 3.8) is 0 Å². The Balaban J connectivity index is 2.32. The summed E-state index contributed by atoms with van der Waals surface area (Å²) in [5, 5.41) is 5.17. The van der Waals surface area contributed by atoms with Crippen molar-refractivity contribution in [3.8, 4) is 0 Å². The van der Waals surface area contributed by atoms with Gasteiger partial charge in [0.1, 0.15) is 0 Å². The standard InChI is InChI=1S/C14H20N2O2/c1-3-4-9-15-13(17)14(18)16-10-12-7-5-11(2)6-8-12/h5-8H,3-4,9-10H2,1-2H3,(H,15,17)(H,16,18). The normalized spacial score (nSPS) is 9.89. The van der Waals surface area contributed by atoms with Crippen LogP contribution in [-0.4, -0.2) is 18.4 Å². The fraction of sp³-hybridized carbons (Fsp3) is 0.429. The molecule has 0 bridgehead atoms. The SMILES string of the molecule is CCCCNC(=O)C(=O)NCc1ccc(C)cc1. The minimum Gasteiger partial charge on any atom is -0.348 e. The third-order valence-electron chi connectivity index (χ3n) is 2.60. The van der Waals surface area contributed by atoms with E-state index >= 15 is 0 Å². The predicted octanol–water partition coefficient (Wildman–Crippen LogP) is 1.53. The molecule has 0 unspecified atom stereocenters. The summed E-state index contributed by atoms with van der Waals surface area (Å²) >= 11 is 0. The van der Waals surface area contributed by atoms with Crippen molar-refractivity contribution < 1.29 is 9.59 Å². The first kappa shape index (κ1) is 14.2. The zero-order valence-electron chi connectivity index (χ0n) is 11.0. The number of rotatable bonds is 5. The summed E-state index contributed by atoms with van der Waals surface area (Å²) in [5.41, 5.74) is 2.15. The maximum atomic E-state index is 11.5. The number of nitrogens with one attached hydrogen (secondary N) is 2. The predicted molar refractivity (Wildman–Crippen MR) is 70.9 cm³/mol. The second-order valence-corrected chi connectivity index (χ2v) is 4.28. The van der Waals surface area contributed by atoms with Crippen LogP contribution in [0.2, 0.25) is 0 Å². The monoisotopic (exact) mass is 248 g/mol. The van der Waals surface area contributed by atoms with Gasteiger partial charge in [-0.3, -0.25) is 9.59 Å². The first-order valence-electron chi connectivity index (χ1n) is 6.25. The van der Waals surface area contributed by atoms with Crippen LogP contribution in [0.4, 0.5) is 0 Å². The Morgan fingerprint density at radius 3 is 2.28 bits per heavy atom. The van der Waals surface area contributed by atoms with Gasteiger partial charge in [0, 0.05) is 13.1 Å². The Morgan fingerprint density at radius 2 is 1.67 bits per heavy atom. The number of hydrogen-bond donors (Lipinski definition) is 2. The molecule has 0 radical (unpaired) electrons. The second kappa shape index (κ2) is 7.48. The van der Waals surface area contributed by atoms with E-state index in [4.69, 9.17) is 0 Å². The van der Waals surface area contributed by atoms with E-state index in [9.17, 15) is 9.59 Å². The highest BCUT2D eigenvalue weighted by molar-refractivity contribution is 6.35. The highest BCUT2D eigenvalue weighted by atomic mass is 16.2. The van der Waals surface area contributed by atoms with Gasteiger partial charge in [-0.1, -0.05) is 43.2 Å². The average Bonchev–Trinajstić information content (AvgIpc) is 2.38. The van der Waals surface area contributed by atoms with Gasteiger partial charge in [-0.05, 0) is 18.9 Å². The summed E-state index contributed by atoms with van der Waals surface area (Å²) in [4.78, 5) is 22.8. The molecule has 0 fully saturated rings. The second-order valence-electron chi connectivity index (χ2n) is 4.28. The van der Waals surface area contributed by atoms with Crippen LogP contribution in [0.3, 0.4) is 0 Å².